The average Bonchev–Trinajstić information content (AvgIpc) is 3.99. The monoisotopic (exact) mass is 704 g/mol. The first kappa shape index (κ1) is 32.4. The van der Waals surface area contributed by atoms with E-state index in [2.05, 4.69) is 12.1 Å². The highest BCUT2D eigenvalue weighted by Crippen LogP contribution is 2.52. The molecular formula is C41H36O11. The molecule has 10 rings (SSSR count). The smallest absolute Gasteiger partial charge is 0.338 e. The summed E-state index contributed by atoms with van der Waals surface area (Å²) < 4.78 is 51.1. The molecule has 0 saturated carbocycles. The molecule has 1 aromatic heterocycles. The van der Waals surface area contributed by atoms with E-state index in [1.165, 1.54) is 6.07 Å². The van der Waals surface area contributed by atoms with Crippen molar-refractivity contribution in [2.75, 3.05) is 26.8 Å². The molecule has 6 heterocycles. The Hall–Kier alpha value is -5.52. The lowest BCUT2D eigenvalue weighted by atomic mass is 9.85. The summed E-state index contributed by atoms with van der Waals surface area (Å²) in [7, 11) is 0. The predicted molar refractivity (Wildman–Crippen MR) is 186 cm³/mol. The zero-order valence-electron chi connectivity index (χ0n) is 28.6. The normalized spacial score (nSPS) is 23.4. The van der Waals surface area contributed by atoms with Gasteiger partial charge in [0.25, 0.3) is 0 Å². The third kappa shape index (κ3) is 5.99. The van der Waals surface area contributed by atoms with Crippen LogP contribution < -0.4 is 29.3 Å². The molecule has 0 bridgehead atoms. The van der Waals surface area contributed by atoms with Crippen molar-refractivity contribution in [2.24, 2.45) is 11.8 Å². The lowest BCUT2D eigenvalue weighted by Gasteiger charge is -2.30. The predicted octanol–water partition coefficient (Wildman–Crippen LogP) is 6.95. The van der Waals surface area contributed by atoms with Gasteiger partial charge in [0, 0.05) is 35.8 Å². The molecule has 5 aliphatic rings. The molecule has 5 aromatic rings. The van der Waals surface area contributed by atoms with E-state index in [-0.39, 0.29) is 37.9 Å². The van der Waals surface area contributed by atoms with Crippen molar-refractivity contribution < 1.29 is 47.1 Å². The number of carbonyl (C=O) groups is 1. The Bertz CT molecular complexity index is 2140. The molecule has 2 saturated heterocycles. The van der Waals surface area contributed by atoms with E-state index in [9.17, 15) is 9.59 Å². The lowest BCUT2D eigenvalue weighted by Crippen LogP contribution is -2.43. The van der Waals surface area contributed by atoms with Crippen LogP contribution in [0.25, 0.3) is 11.0 Å². The second-order valence-electron chi connectivity index (χ2n) is 14.0. The highest BCUT2D eigenvalue weighted by atomic mass is 16.7. The number of hydrogen-bond acceptors (Lipinski definition) is 11. The van der Waals surface area contributed by atoms with Gasteiger partial charge >= 0.3 is 11.6 Å². The van der Waals surface area contributed by atoms with Crippen molar-refractivity contribution in [2.45, 2.75) is 44.2 Å². The quantitative estimate of drug-likeness (QED) is 0.140. The van der Waals surface area contributed by atoms with E-state index in [0.717, 1.165) is 45.1 Å². The van der Waals surface area contributed by atoms with Crippen molar-refractivity contribution >= 4 is 16.9 Å². The number of hydrogen-bond donors (Lipinski definition) is 0. The maximum atomic E-state index is 12.4. The molecule has 4 aromatic carbocycles. The maximum absolute atomic E-state index is 12.4. The summed E-state index contributed by atoms with van der Waals surface area (Å²) in [5.41, 5.74) is 3.01. The fourth-order valence-electron chi connectivity index (χ4n) is 7.55. The van der Waals surface area contributed by atoms with Crippen LogP contribution in [0, 0.1) is 11.8 Å². The van der Waals surface area contributed by atoms with Gasteiger partial charge in [0.2, 0.25) is 13.6 Å². The number of benzene rings is 4. The number of rotatable bonds is 5. The summed E-state index contributed by atoms with van der Waals surface area (Å²) in [6.07, 6.45) is 0.329. The van der Waals surface area contributed by atoms with Gasteiger partial charge in [-0.1, -0.05) is 30.3 Å². The molecule has 5 aliphatic heterocycles. The minimum absolute atomic E-state index is 0.0218. The molecule has 52 heavy (non-hydrogen) atoms. The minimum atomic E-state index is -0.820. The molecule has 0 N–H and O–H groups in total. The second kappa shape index (κ2) is 12.9. The SMILES string of the molecule is CC(C)(OC(=O)c1ccccc1)C1Cc2cc3ccc(=O)oc3cc2O1.c1cc2c(cc1C1OCC3C(c4ccc5c(c4)OCO5)OCC13)OCO2. The lowest BCUT2D eigenvalue weighted by molar-refractivity contribution is -0.0517. The highest BCUT2D eigenvalue weighted by molar-refractivity contribution is 5.89. The molecule has 266 valence electrons. The summed E-state index contributed by atoms with van der Waals surface area (Å²) in [6.45, 7) is 5.61. The van der Waals surface area contributed by atoms with E-state index < -0.39 is 11.2 Å². The van der Waals surface area contributed by atoms with Crippen LogP contribution in [0.1, 0.15) is 53.1 Å². The summed E-state index contributed by atoms with van der Waals surface area (Å²) >= 11 is 0. The zero-order chi connectivity index (χ0) is 35.4. The Kier molecular flexibility index (Phi) is 8.04. The summed E-state index contributed by atoms with van der Waals surface area (Å²) in [4.78, 5) is 23.8. The van der Waals surface area contributed by atoms with Gasteiger partial charge in [0.05, 0.1) is 31.0 Å². The molecule has 0 radical (unpaired) electrons. The van der Waals surface area contributed by atoms with E-state index in [4.69, 9.17) is 42.3 Å². The van der Waals surface area contributed by atoms with Gasteiger partial charge < -0.3 is 42.3 Å². The van der Waals surface area contributed by atoms with Gasteiger partial charge in [0.15, 0.2) is 23.0 Å². The van der Waals surface area contributed by atoms with E-state index in [1.54, 1.807) is 36.4 Å². The first-order chi connectivity index (χ1) is 25.3. The highest BCUT2D eigenvalue weighted by Gasteiger charge is 2.48. The standard InChI is InChI=1S/C21H18O5.C20H18O6/c1-21(2,26-20(23)13-6-4-3-5-7-13)18-11-15-10-14-8-9-19(22)25-16(14)12-17(15)24-18;1-3-15-17(25-9-23-15)5-11(1)19-13-7-22-20(14(13)8-21-19)12-2-4-16-18(6-12)26-10-24-16/h3-10,12,18H,11H2,1-2H3;1-6,13-14,19-20H,7-10H2. The molecular weight excluding hydrogens is 668 g/mol. The third-order valence-electron chi connectivity index (χ3n) is 10.3. The van der Waals surface area contributed by atoms with Crippen molar-refractivity contribution in [1.29, 1.82) is 0 Å². The van der Waals surface area contributed by atoms with Crippen molar-refractivity contribution in [3.05, 3.63) is 124 Å². The first-order valence-electron chi connectivity index (χ1n) is 17.3. The van der Waals surface area contributed by atoms with Gasteiger partial charge in [-0.2, -0.15) is 0 Å². The average molecular weight is 705 g/mol. The molecule has 11 nitrogen and oxygen atoms in total. The van der Waals surface area contributed by atoms with Gasteiger partial charge in [0.1, 0.15) is 23.0 Å². The number of fused-ring (bicyclic) bond motifs is 5. The second-order valence-corrected chi connectivity index (χ2v) is 14.0. The summed E-state index contributed by atoms with van der Waals surface area (Å²) in [5, 5.41) is 0.840. The molecule has 0 amide bonds. The Morgan fingerprint density at radius 3 is 1.94 bits per heavy atom. The molecule has 2 fully saturated rings. The van der Waals surface area contributed by atoms with Crippen LogP contribution >= 0.6 is 0 Å². The fourth-order valence-corrected chi connectivity index (χ4v) is 7.55. The van der Waals surface area contributed by atoms with Gasteiger partial charge in [-0.15, -0.1) is 0 Å². The third-order valence-corrected chi connectivity index (χ3v) is 10.3. The number of carbonyl (C=O) groups excluding carboxylic acids is 1. The Morgan fingerprint density at radius 1 is 0.692 bits per heavy atom. The van der Waals surface area contributed by atoms with Crippen molar-refractivity contribution in [3.8, 4) is 28.7 Å². The van der Waals surface area contributed by atoms with Gasteiger partial charge in [-0.05, 0) is 79.1 Å². The molecule has 5 atom stereocenters. The van der Waals surface area contributed by atoms with E-state index in [1.807, 2.05) is 50.2 Å². The van der Waals surface area contributed by atoms with Crippen LogP contribution in [0.5, 0.6) is 28.7 Å². The van der Waals surface area contributed by atoms with Crippen molar-refractivity contribution in [3.63, 3.8) is 0 Å². The Labute approximate surface area is 298 Å². The molecule has 0 spiro atoms. The van der Waals surface area contributed by atoms with Crippen LogP contribution in [0.3, 0.4) is 0 Å². The van der Waals surface area contributed by atoms with Gasteiger partial charge in [-0.25, -0.2) is 9.59 Å². The van der Waals surface area contributed by atoms with Crippen LogP contribution in [-0.2, 0) is 20.6 Å². The van der Waals surface area contributed by atoms with Crippen LogP contribution in [0.2, 0.25) is 0 Å². The minimum Gasteiger partial charge on any atom is -0.485 e. The fraction of sp³-hybridized carbons (Fsp3) is 0.317. The summed E-state index contributed by atoms with van der Waals surface area (Å²) in [6, 6.07) is 27.8. The maximum Gasteiger partial charge on any atom is 0.338 e. The number of ether oxygens (including phenoxy) is 8. The Balaban J connectivity index is 0.000000138. The topological polar surface area (TPSA) is 121 Å². The molecule has 11 heteroatoms. The van der Waals surface area contributed by atoms with E-state index >= 15 is 0 Å². The largest absolute Gasteiger partial charge is 0.485 e. The molecule has 0 aliphatic carbocycles. The van der Waals surface area contributed by atoms with Crippen LogP contribution in [-0.4, -0.2) is 44.5 Å². The molecule has 5 unspecified atom stereocenters. The first-order valence-corrected chi connectivity index (χ1v) is 17.3. The number of esters is 1. The van der Waals surface area contributed by atoms with E-state index in [0.29, 0.717) is 48.4 Å². The van der Waals surface area contributed by atoms with Crippen molar-refractivity contribution in [1.82, 2.24) is 0 Å². The Morgan fingerprint density at radius 2 is 1.31 bits per heavy atom. The van der Waals surface area contributed by atoms with Gasteiger partial charge in [-0.3, -0.25) is 0 Å². The zero-order valence-corrected chi connectivity index (χ0v) is 28.6. The van der Waals surface area contributed by atoms with Crippen LogP contribution in [0.4, 0.5) is 0 Å². The summed E-state index contributed by atoms with van der Waals surface area (Å²) in [5.74, 6) is 4.10. The van der Waals surface area contributed by atoms with Crippen LogP contribution in [0.15, 0.2) is 100 Å².